The second-order valence-corrected chi connectivity index (χ2v) is 4.77. The van der Waals surface area contributed by atoms with Crippen molar-refractivity contribution in [1.29, 1.82) is 0 Å². The van der Waals surface area contributed by atoms with Crippen LogP contribution >= 0.6 is 11.6 Å². The van der Waals surface area contributed by atoms with Crippen LogP contribution in [0.1, 0.15) is 23.2 Å². The van der Waals surface area contributed by atoms with Crippen molar-refractivity contribution in [2.24, 2.45) is 0 Å². The zero-order valence-corrected chi connectivity index (χ0v) is 9.83. The van der Waals surface area contributed by atoms with E-state index in [1.807, 2.05) is 0 Å². The molecule has 1 N–H and O–H groups in total. The molecule has 1 atom stereocenters. The molecule has 0 aromatic heterocycles. The highest BCUT2D eigenvalue weighted by molar-refractivity contribution is 6.31. The lowest BCUT2D eigenvalue weighted by Crippen LogP contribution is -2.40. The molecule has 2 aliphatic heterocycles. The van der Waals surface area contributed by atoms with Gasteiger partial charge in [-0.15, -0.1) is 0 Å². The van der Waals surface area contributed by atoms with Crippen LogP contribution in [0, 0.1) is 0 Å². The number of rotatable bonds is 0. The summed E-state index contributed by atoms with van der Waals surface area (Å²) in [5.74, 6) is -0.208. The van der Waals surface area contributed by atoms with Crippen molar-refractivity contribution in [3.63, 3.8) is 0 Å². The lowest BCUT2D eigenvalue weighted by Gasteiger charge is -2.19. The number of carbonyl (C=O) groups is 2. The van der Waals surface area contributed by atoms with Crippen LogP contribution in [-0.4, -0.2) is 29.3 Å². The van der Waals surface area contributed by atoms with Gasteiger partial charge in [0.2, 0.25) is 5.91 Å². The van der Waals surface area contributed by atoms with E-state index in [9.17, 15) is 9.59 Å². The number of fused-ring (bicyclic) bond motifs is 2. The first-order valence-corrected chi connectivity index (χ1v) is 5.96. The highest BCUT2D eigenvalue weighted by Crippen LogP contribution is 2.30. The number of carbonyl (C=O) groups excluding carboxylic acids is 2. The first-order valence-electron chi connectivity index (χ1n) is 5.58. The zero-order valence-electron chi connectivity index (χ0n) is 9.07. The number of nitrogens with zero attached hydrogens (tertiary/aromatic N) is 1. The minimum atomic E-state index is -0.325. The van der Waals surface area contributed by atoms with Gasteiger partial charge in [0.15, 0.2) is 0 Å². The Morgan fingerprint density at radius 2 is 2.18 bits per heavy atom. The third kappa shape index (κ3) is 1.60. The van der Waals surface area contributed by atoms with Gasteiger partial charge < -0.3 is 10.2 Å². The van der Waals surface area contributed by atoms with Crippen LogP contribution in [0.2, 0.25) is 5.02 Å². The molecule has 17 heavy (non-hydrogen) atoms. The Balaban J connectivity index is 2.12. The Morgan fingerprint density at radius 3 is 3.00 bits per heavy atom. The first kappa shape index (κ1) is 10.6. The number of nitrogens with one attached hydrogen (secondary N) is 1. The monoisotopic (exact) mass is 250 g/mol. The summed E-state index contributed by atoms with van der Waals surface area (Å²) in [5.41, 5.74) is 1.04. The Bertz CT molecular complexity index is 515. The first-order chi connectivity index (χ1) is 8.16. The number of anilines is 1. The molecule has 1 aromatic carbocycles. The maximum Gasteiger partial charge on any atom is 0.256 e. The van der Waals surface area contributed by atoms with Gasteiger partial charge in [-0.2, -0.15) is 0 Å². The van der Waals surface area contributed by atoms with E-state index in [4.69, 9.17) is 11.6 Å². The molecule has 0 unspecified atom stereocenters. The average molecular weight is 251 g/mol. The topological polar surface area (TPSA) is 49.4 Å². The molecule has 2 amide bonds. The fraction of sp³-hybridized carbons (Fsp3) is 0.333. The zero-order chi connectivity index (χ0) is 12.0. The molecule has 2 heterocycles. The molecule has 2 aliphatic rings. The van der Waals surface area contributed by atoms with E-state index in [1.165, 1.54) is 0 Å². The minimum Gasteiger partial charge on any atom is -0.327 e. The molecule has 1 aromatic rings. The third-order valence-electron chi connectivity index (χ3n) is 3.29. The van der Waals surface area contributed by atoms with Gasteiger partial charge in [0, 0.05) is 11.6 Å². The number of benzene rings is 1. The van der Waals surface area contributed by atoms with Crippen molar-refractivity contribution in [3.8, 4) is 0 Å². The largest absolute Gasteiger partial charge is 0.327 e. The van der Waals surface area contributed by atoms with Crippen LogP contribution in [0.4, 0.5) is 5.69 Å². The summed E-state index contributed by atoms with van der Waals surface area (Å²) in [5, 5.41) is 3.30. The van der Waals surface area contributed by atoms with Crippen LogP contribution in [0.15, 0.2) is 18.2 Å². The summed E-state index contributed by atoms with van der Waals surface area (Å²) < 4.78 is 0. The number of hydrogen-bond donors (Lipinski definition) is 1. The number of amides is 2. The molecule has 4 nitrogen and oxygen atoms in total. The molecule has 88 valence electrons. The van der Waals surface area contributed by atoms with Gasteiger partial charge in [-0.1, -0.05) is 11.6 Å². The molecule has 5 heteroatoms. The fourth-order valence-electron chi connectivity index (χ4n) is 2.46. The summed E-state index contributed by atoms with van der Waals surface area (Å²) in [6.07, 6.45) is 1.61. The predicted octanol–water partition coefficient (Wildman–Crippen LogP) is 1.90. The second kappa shape index (κ2) is 3.74. The van der Waals surface area contributed by atoms with Crippen LogP contribution in [0.25, 0.3) is 0 Å². The highest BCUT2D eigenvalue weighted by Gasteiger charge is 2.38. The van der Waals surface area contributed by atoms with Crippen molar-refractivity contribution >= 4 is 29.1 Å². The summed E-state index contributed by atoms with van der Waals surface area (Å²) >= 11 is 5.89. The van der Waals surface area contributed by atoms with Crippen molar-refractivity contribution < 1.29 is 9.59 Å². The number of halogens is 1. The van der Waals surface area contributed by atoms with Gasteiger partial charge in [-0.25, -0.2) is 0 Å². The van der Waals surface area contributed by atoms with Gasteiger partial charge in [-0.3, -0.25) is 9.59 Å². The van der Waals surface area contributed by atoms with Gasteiger partial charge in [0.05, 0.1) is 11.3 Å². The summed E-state index contributed by atoms with van der Waals surface area (Å²) in [6.45, 7) is 0.642. The molecule has 1 fully saturated rings. The van der Waals surface area contributed by atoms with Crippen LogP contribution < -0.4 is 5.32 Å². The summed E-state index contributed by atoms with van der Waals surface area (Å²) in [6, 6.07) is 4.63. The van der Waals surface area contributed by atoms with Crippen LogP contribution in [0.5, 0.6) is 0 Å². The molecular formula is C12H11ClN2O2. The molecular weight excluding hydrogens is 240 g/mol. The van der Waals surface area contributed by atoms with E-state index in [0.717, 1.165) is 12.8 Å². The van der Waals surface area contributed by atoms with E-state index in [0.29, 0.717) is 22.8 Å². The normalized spacial score (nSPS) is 22.9. The van der Waals surface area contributed by atoms with E-state index >= 15 is 0 Å². The van der Waals surface area contributed by atoms with E-state index < -0.39 is 0 Å². The van der Waals surface area contributed by atoms with Crippen molar-refractivity contribution in [1.82, 2.24) is 4.90 Å². The smallest absolute Gasteiger partial charge is 0.256 e. The minimum absolute atomic E-state index is 0.100. The van der Waals surface area contributed by atoms with Crippen molar-refractivity contribution in [2.75, 3.05) is 11.9 Å². The maximum absolute atomic E-state index is 12.3. The average Bonchev–Trinajstić information content (AvgIpc) is 2.76. The fourth-order valence-corrected chi connectivity index (χ4v) is 2.63. The van der Waals surface area contributed by atoms with Crippen LogP contribution in [0.3, 0.4) is 0 Å². The highest BCUT2D eigenvalue weighted by atomic mass is 35.5. The molecule has 0 bridgehead atoms. The summed E-state index contributed by atoms with van der Waals surface area (Å²) in [7, 11) is 0. The van der Waals surface area contributed by atoms with Crippen molar-refractivity contribution in [2.45, 2.75) is 18.9 Å². The van der Waals surface area contributed by atoms with E-state index in [-0.39, 0.29) is 17.9 Å². The maximum atomic E-state index is 12.3. The number of hydrogen-bond acceptors (Lipinski definition) is 2. The van der Waals surface area contributed by atoms with Crippen LogP contribution in [-0.2, 0) is 4.79 Å². The Hall–Kier alpha value is -1.55. The molecule has 0 radical (unpaired) electrons. The standard InChI is InChI=1S/C12H11ClN2O2/c13-7-3-4-9-8(6-7)12(17)15-5-1-2-10(15)11(16)14-9/h3-4,6,10H,1-2,5H2,(H,14,16)/t10-/m0/s1. The summed E-state index contributed by atoms with van der Waals surface area (Å²) in [4.78, 5) is 25.9. The van der Waals surface area contributed by atoms with Gasteiger partial charge in [-0.05, 0) is 31.0 Å². The molecule has 0 aliphatic carbocycles. The van der Waals surface area contributed by atoms with Gasteiger partial charge in [0.1, 0.15) is 6.04 Å². The Morgan fingerprint density at radius 1 is 1.35 bits per heavy atom. The van der Waals surface area contributed by atoms with E-state index in [2.05, 4.69) is 5.32 Å². The lowest BCUT2D eigenvalue weighted by molar-refractivity contribution is -0.119. The second-order valence-electron chi connectivity index (χ2n) is 4.34. The molecule has 3 rings (SSSR count). The van der Waals surface area contributed by atoms with E-state index in [1.54, 1.807) is 23.1 Å². The molecule has 0 saturated carbocycles. The van der Waals surface area contributed by atoms with Gasteiger partial charge >= 0.3 is 0 Å². The third-order valence-corrected chi connectivity index (χ3v) is 3.52. The predicted molar refractivity (Wildman–Crippen MR) is 64.1 cm³/mol. The van der Waals surface area contributed by atoms with Gasteiger partial charge in [0.25, 0.3) is 5.91 Å². The molecule has 1 saturated heterocycles. The van der Waals surface area contributed by atoms with Crippen molar-refractivity contribution in [3.05, 3.63) is 28.8 Å². The SMILES string of the molecule is O=C1Nc2ccc(Cl)cc2C(=O)N2CCC[C@@H]12. The quantitative estimate of drug-likeness (QED) is 0.765. The molecule has 0 spiro atoms. The Kier molecular flexibility index (Phi) is 2.33. The lowest BCUT2D eigenvalue weighted by atomic mass is 10.1. The Labute approximate surface area is 104 Å².